The second-order valence-corrected chi connectivity index (χ2v) is 3.58. The predicted molar refractivity (Wildman–Crippen MR) is 58.0 cm³/mol. The summed E-state index contributed by atoms with van der Waals surface area (Å²) in [6, 6.07) is 3.83. The molecule has 1 aromatic heterocycles. The number of nitrogens with zero attached hydrogens (tertiary/aromatic N) is 1. The van der Waals surface area contributed by atoms with Gasteiger partial charge in [-0.05, 0) is 37.5 Å². The highest BCUT2D eigenvalue weighted by molar-refractivity contribution is 5.17. The molecule has 0 aliphatic heterocycles. The van der Waals surface area contributed by atoms with E-state index in [0.29, 0.717) is 6.42 Å². The van der Waals surface area contributed by atoms with Crippen molar-refractivity contribution in [1.82, 2.24) is 4.98 Å². The molecule has 0 bridgehead atoms. The van der Waals surface area contributed by atoms with Crippen LogP contribution in [-0.2, 0) is 0 Å². The van der Waals surface area contributed by atoms with Gasteiger partial charge in [-0.3, -0.25) is 4.98 Å². The van der Waals surface area contributed by atoms with E-state index in [1.165, 1.54) is 0 Å². The molecule has 14 heavy (non-hydrogen) atoms. The summed E-state index contributed by atoms with van der Waals surface area (Å²) >= 11 is 0. The highest BCUT2D eigenvalue weighted by Crippen LogP contribution is 2.20. The SMILES string of the molecule is C=C(CC)CC(O)c1cc(C)ccn1. The van der Waals surface area contributed by atoms with Crippen molar-refractivity contribution in [3.63, 3.8) is 0 Å². The van der Waals surface area contributed by atoms with Gasteiger partial charge in [-0.25, -0.2) is 0 Å². The third-order valence-electron chi connectivity index (χ3n) is 2.26. The molecule has 0 aliphatic carbocycles. The Bertz CT molecular complexity index is 320. The van der Waals surface area contributed by atoms with Crippen LogP contribution in [-0.4, -0.2) is 10.1 Å². The summed E-state index contributed by atoms with van der Waals surface area (Å²) in [6.07, 6.45) is 2.72. The summed E-state index contributed by atoms with van der Waals surface area (Å²) in [6.45, 7) is 7.91. The summed E-state index contributed by atoms with van der Waals surface area (Å²) in [5.74, 6) is 0. The molecular weight excluding hydrogens is 174 g/mol. The van der Waals surface area contributed by atoms with Crippen LogP contribution in [0.25, 0.3) is 0 Å². The van der Waals surface area contributed by atoms with Gasteiger partial charge in [0.15, 0.2) is 0 Å². The Hall–Kier alpha value is -1.15. The van der Waals surface area contributed by atoms with E-state index in [2.05, 4.69) is 11.6 Å². The summed E-state index contributed by atoms with van der Waals surface area (Å²) in [5, 5.41) is 9.82. The maximum Gasteiger partial charge on any atom is 0.0996 e. The molecule has 0 saturated carbocycles. The maximum atomic E-state index is 9.82. The van der Waals surface area contributed by atoms with Crippen LogP contribution in [0.1, 0.15) is 37.1 Å². The van der Waals surface area contributed by atoms with Crippen molar-refractivity contribution in [2.24, 2.45) is 0 Å². The van der Waals surface area contributed by atoms with Crippen LogP contribution in [0, 0.1) is 6.92 Å². The van der Waals surface area contributed by atoms with Crippen LogP contribution < -0.4 is 0 Å². The molecular formula is C12H17NO. The van der Waals surface area contributed by atoms with Gasteiger partial charge in [0, 0.05) is 6.20 Å². The standard InChI is InChI=1S/C12H17NO/c1-4-9(2)8-12(14)11-7-10(3)5-6-13-11/h5-7,12,14H,2,4,8H2,1,3H3. The molecule has 1 atom stereocenters. The average Bonchev–Trinajstić information content (AvgIpc) is 2.17. The largest absolute Gasteiger partial charge is 0.386 e. The highest BCUT2D eigenvalue weighted by atomic mass is 16.3. The van der Waals surface area contributed by atoms with E-state index in [9.17, 15) is 5.11 Å². The van der Waals surface area contributed by atoms with Gasteiger partial charge in [-0.1, -0.05) is 19.1 Å². The molecule has 0 fully saturated rings. The van der Waals surface area contributed by atoms with Crippen LogP contribution >= 0.6 is 0 Å². The molecule has 1 unspecified atom stereocenters. The minimum absolute atomic E-state index is 0.512. The smallest absolute Gasteiger partial charge is 0.0996 e. The Kier molecular flexibility index (Phi) is 3.84. The van der Waals surface area contributed by atoms with E-state index in [1.54, 1.807) is 6.20 Å². The molecule has 1 heterocycles. The number of rotatable bonds is 4. The van der Waals surface area contributed by atoms with Gasteiger partial charge < -0.3 is 5.11 Å². The van der Waals surface area contributed by atoms with Crippen molar-refractivity contribution in [3.8, 4) is 0 Å². The van der Waals surface area contributed by atoms with Gasteiger partial charge in [0.25, 0.3) is 0 Å². The Balaban J connectivity index is 2.69. The van der Waals surface area contributed by atoms with Gasteiger partial charge in [0.05, 0.1) is 11.8 Å². The van der Waals surface area contributed by atoms with Crippen molar-refractivity contribution >= 4 is 0 Å². The lowest BCUT2D eigenvalue weighted by molar-refractivity contribution is 0.172. The van der Waals surface area contributed by atoms with Crippen LogP contribution in [0.5, 0.6) is 0 Å². The van der Waals surface area contributed by atoms with E-state index >= 15 is 0 Å². The molecule has 0 amide bonds. The van der Waals surface area contributed by atoms with Crippen molar-refractivity contribution in [2.75, 3.05) is 0 Å². The van der Waals surface area contributed by atoms with Gasteiger partial charge in [0.1, 0.15) is 0 Å². The lowest BCUT2D eigenvalue weighted by Gasteiger charge is -2.11. The van der Waals surface area contributed by atoms with Gasteiger partial charge in [0.2, 0.25) is 0 Å². The van der Waals surface area contributed by atoms with Crippen LogP contribution in [0.2, 0.25) is 0 Å². The number of hydrogen-bond acceptors (Lipinski definition) is 2. The first-order valence-electron chi connectivity index (χ1n) is 4.90. The normalized spacial score (nSPS) is 12.5. The quantitative estimate of drug-likeness (QED) is 0.742. The number of aliphatic hydroxyl groups is 1. The molecule has 1 N–H and O–H groups in total. The van der Waals surface area contributed by atoms with E-state index in [4.69, 9.17) is 0 Å². The van der Waals surface area contributed by atoms with Crippen molar-refractivity contribution < 1.29 is 5.11 Å². The second-order valence-electron chi connectivity index (χ2n) is 3.58. The molecule has 2 nitrogen and oxygen atoms in total. The van der Waals surface area contributed by atoms with E-state index < -0.39 is 6.10 Å². The summed E-state index contributed by atoms with van der Waals surface area (Å²) < 4.78 is 0. The number of aliphatic hydroxyl groups excluding tert-OH is 1. The lowest BCUT2D eigenvalue weighted by Crippen LogP contribution is -2.01. The number of aromatic nitrogens is 1. The second kappa shape index (κ2) is 4.91. The Labute approximate surface area is 85.3 Å². The molecule has 0 saturated heterocycles. The first-order chi connectivity index (χ1) is 6.63. The highest BCUT2D eigenvalue weighted by Gasteiger charge is 2.09. The van der Waals surface area contributed by atoms with E-state index in [0.717, 1.165) is 23.3 Å². The molecule has 1 aromatic rings. The fourth-order valence-corrected chi connectivity index (χ4v) is 1.26. The van der Waals surface area contributed by atoms with Crippen LogP contribution in [0.4, 0.5) is 0 Å². The third-order valence-corrected chi connectivity index (χ3v) is 2.26. The summed E-state index contributed by atoms with van der Waals surface area (Å²) in [5.41, 5.74) is 2.91. The minimum Gasteiger partial charge on any atom is -0.386 e. The van der Waals surface area contributed by atoms with Crippen LogP contribution in [0.15, 0.2) is 30.5 Å². The third kappa shape index (κ3) is 2.96. The fourth-order valence-electron chi connectivity index (χ4n) is 1.26. The first-order valence-corrected chi connectivity index (χ1v) is 4.90. The number of hydrogen-bond donors (Lipinski definition) is 1. The van der Waals surface area contributed by atoms with Crippen molar-refractivity contribution in [2.45, 2.75) is 32.8 Å². The summed E-state index contributed by atoms with van der Waals surface area (Å²) in [7, 11) is 0. The zero-order chi connectivity index (χ0) is 10.6. The Morgan fingerprint density at radius 2 is 2.36 bits per heavy atom. The van der Waals surface area contributed by atoms with Gasteiger partial charge >= 0.3 is 0 Å². The monoisotopic (exact) mass is 191 g/mol. The van der Waals surface area contributed by atoms with Gasteiger partial charge in [-0.15, -0.1) is 0 Å². The topological polar surface area (TPSA) is 33.1 Å². The number of aryl methyl sites for hydroxylation is 1. The summed E-state index contributed by atoms with van der Waals surface area (Å²) in [4.78, 5) is 4.14. The predicted octanol–water partition coefficient (Wildman–Crippen LogP) is 2.78. The minimum atomic E-state index is -0.512. The van der Waals surface area contributed by atoms with Crippen molar-refractivity contribution in [3.05, 3.63) is 41.7 Å². The van der Waals surface area contributed by atoms with Gasteiger partial charge in [-0.2, -0.15) is 0 Å². The first kappa shape index (κ1) is 10.9. The Morgan fingerprint density at radius 3 is 2.93 bits per heavy atom. The van der Waals surface area contributed by atoms with Crippen LogP contribution in [0.3, 0.4) is 0 Å². The maximum absolute atomic E-state index is 9.82. The molecule has 0 spiro atoms. The fraction of sp³-hybridized carbons (Fsp3) is 0.417. The van der Waals surface area contributed by atoms with E-state index in [-0.39, 0.29) is 0 Å². The zero-order valence-corrected chi connectivity index (χ0v) is 8.83. The average molecular weight is 191 g/mol. The van der Waals surface area contributed by atoms with Crippen molar-refractivity contribution in [1.29, 1.82) is 0 Å². The molecule has 1 rings (SSSR count). The number of pyridine rings is 1. The lowest BCUT2D eigenvalue weighted by atomic mass is 10.0. The molecule has 0 aliphatic rings. The molecule has 0 radical (unpaired) electrons. The Morgan fingerprint density at radius 1 is 1.64 bits per heavy atom. The molecule has 0 aromatic carbocycles. The molecule has 2 heteroatoms. The molecule has 76 valence electrons. The van der Waals surface area contributed by atoms with E-state index in [1.807, 2.05) is 26.0 Å². The zero-order valence-electron chi connectivity index (χ0n) is 8.83.